The zero-order valence-electron chi connectivity index (χ0n) is 15.6. The van der Waals surface area contributed by atoms with Crippen LogP contribution in [0.2, 0.25) is 0 Å². The molecule has 0 unspecified atom stereocenters. The Labute approximate surface area is 163 Å². The van der Waals surface area contributed by atoms with E-state index >= 15 is 0 Å². The second-order valence-electron chi connectivity index (χ2n) is 9.03. The Kier molecular flexibility index (Phi) is 3.41. The normalized spacial score (nSPS) is 37.9. The molecule has 1 heterocycles. The SMILES string of the molecule is O=C(OC1CCCC1)c1ccc(N2C(=O)[C@@H]3[C@H]4C=C[C@@H]([C@@H]5C[C@@H]45)[C@@H]3C2=O)cc1. The lowest BCUT2D eigenvalue weighted by Crippen LogP contribution is -2.40. The standard InChI is InChI=1S/C23H23NO4/c25-21-19-15-9-10-16(18-11-17(15)18)20(19)22(26)24(21)13-7-5-12(6-8-13)23(27)28-14-3-1-2-4-14/h5-10,14-20H,1-4,11H2/t15-,16-,17-,18-,19-,20+/m0/s1. The van der Waals surface area contributed by atoms with Crippen LogP contribution in [0.5, 0.6) is 0 Å². The molecule has 2 amide bonds. The number of rotatable bonds is 3. The van der Waals surface area contributed by atoms with Gasteiger partial charge in [-0.1, -0.05) is 12.2 Å². The number of benzene rings is 1. The van der Waals surface area contributed by atoms with Gasteiger partial charge in [-0.25, -0.2) is 4.79 Å². The van der Waals surface area contributed by atoms with Gasteiger partial charge in [0.15, 0.2) is 0 Å². The van der Waals surface area contributed by atoms with Crippen molar-refractivity contribution in [3.05, 3.63) is 42.0 Å². The van der Waals surface area contributed by atoms with Crippen molar-refractivity contribution in [2.24, 2.45) is 35.5 Å². The van der Waals surface area contributed by atoms with Crippen molar-refractivity contribution in [3.8, 4) is 0 Å². The van der Waals surface area contributed by atoms with Crippen LogP contribution < -0.4 is 4.90 Å². The average Bonchev–Trinajstić information content (AvgIpc) is 3.32. The molecular formula is C23H23NO4. The lowest BCUT2D eigenvalue weighted by Gasteiger charge is -2.37. The predicted octanol–water partition coefficient (Wildman–Crippen LogP) is 3.34. The maximum atomic E-state index is 13.1. The number of nitrogens with zero attached hydrogens (tertiary/aromatic N) is 1. The smallest absolute Gasteiger partial charge is 0.338 e. The first-order valence-electron chi connectivity index (χ1n) is 10.5. The van der Waals surface area contributed by atoms with Crippen molar-refractivity contribution < 1.29 is 19.1 Å². The van der Waals surface area contributed by atoms with Crippen LogP contribution >= 0.6 is 0 Å². The Balaban J connectivity index is 1.23. The van der Waals surface area contributed by atoms with E-state index in [0.717, 1.165) is 32.1 Å². The molecule has 6 aliphatic rings. The molecule has 0 radical (unpaired) electrons. The lowest BCUT2D eigenvalue weighted by molar-refractivity contribution is -0.124. The highest BCUT2D eigenvalue weighted by atomic mass is 16.5. The molecule has 4 fully saturated rings. The number of ether oxygens (including phenoxy) is 1. The van der Waals surface area contributed by atoms with Crippen LogP contribution in [0.25, 0.3) is 0 Å². The number of amides is 2. The number of hydrogen-bond acceptors (Lipinski definition) is 4. The molecule has 1 saturated heterocycles. The topological polar surface area (TPSA) is 63.7 Å². The molecule has 5 nitrogen and oxygen atoms in total. The quantitative estimate of drug-likeness (QED) is 0.460. The minimum atomic E-state index is -0.325. The number of anilines is 1. The van der Waals surface area contributed by atoms with E-state index in [0.29, 0.717) is 23.1 Å². The first kappa shape index (κ1) is 16.5. The zero-order chi connectivity index (χ0) is 19.0. The molecule has 6 atom stereocenters. The van der Waals surface area contributed by atoms with Gasteiger partial charge in [-0.2, -0.15) is 0 Å². The Morgan fingerprint density at radius 2 is 1.46 bits per heavy atom. The molecule has 5 aliphatic carbocycles. The Morgan fingerprint density at radius 1 is 0.893 bits per heavy atom. The van der Waals surface area contributed by atoms with Gasteiger partial charge in [0, 0.05) is 0 Å². The summed E-state index contributed by atoms with van der Waals surface area (Å²) in [5, 5.41) is 0. The van der Waals surface area contributed by atoms with Gasteiger partial charge in [0.2, 0.25) is 11.8 Å². The van der Waals surface area contributed by atoms with Crippen molar-refractivity contribution in [3.63, 3.8) is 0 Å². The summed E-state index contributed by atoms with van der Waals surface area (Å²) in [7, 11) is 0. The summed E-state index contributed by atoms with van der Waals surface area (Å²) in [5.74, 6) is 0.789. The van der Waals surface area contributed by atoms with Crippen molar-refractivity contribution >= 4 is 23.5 Å². The third-order valence-corrected chi connectivity index (χ3v) is 7.60. The van der Waals surface area contributed by atoms with E-state index in [-0.39, 0.29) is 47.6 Å². The fourth-order valence-corrected chi connectivity index (χ4v) is 6.18. The van der Waals surface area contributed by atoms with Gasteiger partial charge in [0.05, 0.1) is 23.1 Å². The van der Waals surface area contributed by atoms with E-state index in [2.05, 4.69) is 12.2 Å². The minimum Gasteiger partial charge on any atom is -0.459 e. The number of imide groups is 1. The Morgan fingerprint density at radius 3 is 2.04 bits per heavy atom. The summed E-state index contributed by atoms with van der Waals surface area (Å²) >= 11 is 0. The molecule has 0 aromatic heterocycles. The highest BCUT2D eigenvalue weighted by Crippen LogP contribution is 2.65. The lowest BCUT2D eigenvalue weighted by atomic mass is 9.63. The fourth-order valence-electron chi connectivity index (χ4n) is 6.18. The van der Waals surface area contributed by atoms with E-state index in [4.69, 9.17) is 4.74 Å². The summed E-state index contributed by atoms with van der Waals surface area (Å²) in [6, 6.07) is 6.74. The van der Waals surface area contributed by atoms with Gasteiger partial charge in [-0.15, -0.1) is 0 Å². The van der Waals surface area contributed by atoms with Gasteiger partial charge in [0.1, 0.15) is 6.10 Å². The van der Waals surface area contributed by atoms with E-state index in [9.17, 15) is 14.4 Å². The van der Waals surface area contributed by atoms with Crippen LogP contribution in [0.15, 0.2) is 36.4 Å². The molecule has 1 aromatic carbocycles. The first-order chi connectivity index (χ1) is 13.6. The Hall–Kier alpha value is -2.43. The molecule has 3 saturated carbocycles. The van der Waals surface area contributed by atoms with Gasteiger partial charge < -0.3 is 4.74 Å². The molecule has 28 heavy (non-hydrogen) atoms. The van der Waals surface area contributed by atoms with Crippen LogP contribution in [0.3, 0.4) is 0 Å². The molecule has 2 bridgehead atoms. The van der Waals surface area contributed by atoms with Crippen molar-refractivity contribution in [2.75, 3.05) is 4.90 Å². The van der Waals surface area contributed by atoms with Crippen molar-refractivity contribution in [1.82, 2.24) is 0 Å². The van der Waals surface area contributed by atoms with Crippen LogP contribution in [-0.4, -0.2) is 23.9 Å². The van der Waals surface area contributed by atoms with Gasteiger partial charge in [-0.05, 0) is 80.0 Å². The highest BCUT2D eigenvalue weighted by molar-refractivity contribution is 6.22. The molecule has 0 spiro atoms. The Bertz CT molecular complexity index is 862. The van der Waals surface area contributed by atoms with Crippen LogP contribution in [-0.2, 0) is 14.3 Å². The molecule has 1 aliphatic heterocycles. The molecule has 7 rings (SSSR count). The van der Waals surface area contributed by atoms with E-state index in [1.54, 1.807) is 24.3 Å². The number of esters is 1. The first-order valence-corrected chi connectivity index (χ1v) is 10.5. The summed E-state index contributed by atoms with van der Waals surface area (Å²) in [4.78, 5) is 40.0. The van der Waals surface area contributed by atoms with Crippen LogP contribution in [0.1, 0.15) is 42.5 Å². The molecule has 5 heteroatoms. The average molecular weight is 377 g/mol. The largest absolute Gasteiger partial charge is 0.459 e. The maximum absolute atomic E-state index is 13.1. The highest BCUT2D eigenvalue weighted by Gasteiger charge is 2.67. The number of hydrogen-bond donors (Lipinski definition) is 0. The number of allylic oxidation sites excluding steroid dienone is 2. The minimum absolute atomic E-state index is 0.0199. The van der Waals surface area contributed by atoms with Crippen LogP contribution in [0, 0.1) is 35.5 Å². The summed E-state index contributed by atoms with van der Waals surface area (Å²) in [6.45, 7) is 0. The zero-order valence-corrected chi connectivity index (χ0v) is 15.6. The number of carbonyl (C=O) groups excluding carboxylic acids is 3. The van der Waals surface area contributed by atoms with E-state index in [1.165, 1.54) is 4.90 Å². The maximum Gasteiger partial charge on any atom is 0.338 e. The summed E-state index contributed by atoms with van der Waals surface area (Å²) in [6.07, 6.45) is 9.62. The van der Waals surface area contributed by atoms with Gasteiger partial charge in [0.25, 0.3) is 0 Å². The van der Waals surface area contributed by atoms with Gasteiger partial charge >= 0.3 is 5.97 Å². The molecular weight excluding hydrogens is 354 g/mol. The van der Waals surface area contributed by atoms with Crippen molar-refractivity contribution in [2.45, 2.75) is 38.2 Å². The van der Waals surface area contributed by atoms with Gasteiger partial charge in [-0.3, -0.25) is 14.5 Å². The summed E-state index contributed by atoms with van der Waals surface area (Å²) in [5.41, 5.74) is 1.03. The fraction of sp³-hybridized carbons (Fsp3) is 0.522. The second-order valence-corrected chi connectivity index (χ2v) is 9.03. The molecule has 144 valence electrons. The molecule has 0 N–H and O–H groups in total. The predicted molar refractivity (Wildman–Crippen MR) is 101 cm³/mol. The third-order valence-electron chi connectivity index (χ3n) is 7.60. The van der Waals surface area contributed by atoms with Crippen LogP contribution in [0.4, 0.5) is 5.69 Å². The molecule has 1 aromatic rings. The second kappa shape index (κ2) is 5.79. The third kappa shape index (κ3) is 2.22. The number of carbonyl (C=O) groups is 3. The monoisotopic (exact) mass is 377 g/mol. The van der Waals surface area contributed by atoms with Crippen molar-refractivity contribution in [1.29, 1.82) is 0 Å². The van der Waals surface area contributed by atoms with E-state index in [1.807, 2.05) is 0 Å². The van der Waals surface area contributed by atoms with E-state index < -0.39 is 0 Å². The summed E-state index contributed by atoms with van der Waals surface area (Å²) < 4.78 is 5.54.